The van der Waals surface area contributed by atoms with Crippen LogP contribution in [0.1, 0.15) is 46.5 Å². The first-order chi connectivity index (χ1) is 7.88. The zero-order valence-corrected chi connectivity index (χ0v) is 12.0. The Morgan fingerprint density at radius 2 is 2.12 bits per heavy atom. The molecule has 0 bridgehead atoms. The topological polar surface area (TPSA) is 46.3 Å². The van der Waals surface area contributed by atoms with Crippen molar-refractivity contribution in [3.8, 4) is 0 Å². The fourth-order valence-electron chi connectivity index (χ4n) is 2.71. The molecule has 0 aromatic rings. The summed E-state index contributed by atoms with van der Waals surface area (Å²) in [5.41, 5.74) is 5.65. The van der Waals surface area contributed by atoms with E-state index in [1.54, 1.807) is 4.90 Å². The minimum atomic E-state index is 0.110. The first-order valence-electron chi connectivity index (χ1n) is 6.45. The monoisotopic (exact) mass is 256 g/mol. The molecular weight excluding hydrogens is 232 g/mol. The standard InChI is InChI=1S/C13H24N2OS/c1-4-15(9-11(14)17)12(16)10-7-5-6-8-13(10,2)3/h10H,4-9H2,1-3H3,(H2,14,17). The van der Waals surface area contributed by atoms with Crippen LogP contribution in [0.5, 0.6) is 0 Å². The Morgan fingerprint density at radius 1 is 1.47 bits per heavy atom. The molecule has 0 heterocycles. The Balaban J connectivity index is 2.75. The molecule has 0 spiro atoms. The summed E-state index contributed by atoms with van der Waals surface area (Å²) in [6, 6.07) is 0. The Hall–Kier alpha value is -0.640. The summed E-state index contributed by atoms with van der Waals surface area (Å²) in [7, 11) is 0. The number of hydrogen-bond donors (Lipinski definition) is 1. The Morgan fingerprint density at radius 3 is 2.59 bits per heavy atom. The molecule has 0 radical (unpaired) electrons. The highest BCUT2D eigenvalue weighted by Crippen LogP contribution is 2.41. The van der Waals surface area contributed by atoms with E-state index in [2.05, 4.69) is 13.8 Å². The highest BCUT2D eigenvalue weighted by molar-refractivity contribution is 7.80. The number of nitrogens with zero attached hydrogens (tertiary/aromatic N) is 1. The Labute approximate surface area is 110 Å². The van der Waals surface area contributed by atoms with Gasteiger partial charge in [0.05, 0.1) is 11.5 Å². The van der Waals surface area contributed by atoms with Crippen LogP contribution in [-0.2, 0) is 4.79 Å². The van der Waals surface area contributed by atoms with Crippen molar-refractivity contribution in [3.63, 3.8) is 0 Å². The summed E-state index contributed by atoms with van der Waals surface area (Å²) in [6.45, 7) is 7.47. The van der Waals surface area contributed by atoms with Gasteiger partial charge in [0.15, 0.2) is 0 Å². The van der Waals surface area contributed by atoms with Crippen LogP contribution in [-0.4, -0.2) is 28.9 Å². The number of amides is 1. The van der Waals surface area contributed by atoms with Gasteiger partial charge in [-0.2, -0.15) is 0 Å². The maximum absolute atomic E-state index is 12.5. The number of rotatable bonds is 4. The summed E-state index contributed by atoms with van der Waals surface area (Å²) < 4.78 is 0. The molecular formula is C13H24N2OS. The van der Waals surface area contributed by atoms with Crippen molar-refractivity contribution in [1.82, 2.24) is 4.90 Å². The van der Waals surface area contributed by atoms with Gasteiger partial charge in [0.25, 0.3) is 0 Å². The molecule has 3 nitrogen and oxygen atoms in total. The molecule has 0 aliphatic heterocycles. The first-order valence-corrected chi connectivity index (χ1v) is 6.86. The molecule has 1 aliphatic rings. The number of likely N-dealkylation sites (N-methyl/N-ethyl adjacent to an activating group) is 1. The molecule has 0 aromatic heterocycles. The van der Waals surface area contributed by atoms with E-state index in [0.717, 1.165) is 19.3 Å². The largest absolute Gasteiger partial charge is 0.392 e. The average Bonchev–Trinajstić information content (AvgIpc) is 2.24. The highest BCUT2D eigenvalue weighted by Gasteiger charge is 2.38. The van der Waals surface area contributed by atoms with Crippen molar-refractivity contribution in [1.29, 1.82) is 0 Å². The van der Waals surface area contributed by atoms with Crippen molar-refractivity contribution in [2.75, 3.05) is 13.1 Å². The lowest BCUT2D eigenvalue weighted by Crippen LogP contribution is -2.46. The SMILES string of the molecule is CCN(CC(N)=S)C(=O)C1CCCCC1(C)C. The molecule has 98 valence electrons. The first kappa shape index (κ1) is 14.4. The lowest BCUT2D eigenvalue weighted by Gasteiger charge is -2.40. The van der Waals surface area contributed by atoms with Crippen LogP contribution in [0.3, 0.4) is 0 Å². The second kappa shape index (κ2) is 5.80. The van der Waals surface area contributed by atoms with E-state index >= 15 is 0 Å². The van der Waals surface area contributed by atoms with Gasteiger partial charge in [0, 0.05) is 12.5 Å². The van der Waals surface area contributed by atoms with Gasteiger partial charge < -0.3 is 10.6 Å². The number of carbonyl (C=O) groups excluding carboxylic acids is 1. The van der Waals surface area contributed by atoms with Crippen LogP contribution < -0.4 is 5.73 Å². The van der Waals surface area contributed by atoms with E-state index < -0.39 is 0 Å². The lowest BCUT2D eigenvalue weighted by molar-refractivity contribution is -0.140. The van der Waals surface area contributed by atoms with E-state index in [1.807, 2.05) is 6.92 Å². The average molecular weight is 256 g/mol. The van der Waals surface area contributed by atoms with Crippen LogP contribution in [0, 0.1) is 11.3 Å². The molecule has 1 amide bonds. The quantitative estimate of drug-likeness (QED) is 0.785. The lowest BCUT2D eigenvalue weighted by atomic mass is 9.68. The van der Waals surface area contributed by atoms with E-state index in [9.17, 15) is 4.79 Å². The molecule has 1 saturated carbocycles. The van der Waals surface area contributed by atoms with Gasteiger partial charge in [0.2, 0.25) is 5.91 Å². The van der Waals surface area contributed by atoms with E-state index in [1.165, 1.54) is 6.42 Å². The number of hydrogen-bond acceptors (Lipinski definition) is 2. The zero-order chi connectivity index (χ0) is 13.1. The van der Waals surface area contributed by atoms with Crippen molar-refractivity contribution in [3.05, 3.63) is 0 Å². The molecule has 1 aliphatic carbocycles. The summed E-state index contributed by atoms with van der Waals surface area (Å²) in [6.07, 6.45) is 4.52. The number of thiocarbonyl (C=S) groups is 1. The zero-order valence-electron chi connectivity index (χ0n) is 11.2. The molecule has 1 rings (SSSR count). The number of nitrogens with two attached hydrogens (primary N) is 1. The minimum absolute atomic E-state index is 0.110. The third-order valence-electron chi connectivity index (χ3n) is 3.85. The maximum Gasteiger partial charge on any atom is 0.226 e. The maximum atomic E-state index is 12.5. The van der Waals surface area contributed by atoms with Gasteiger partial charge in [-0.1, -0.05) is 38.9 Å². The van der Waals surface area contributed by atoms with Crippen LogP contribution in [0.15, 0.2) is 0 Å². The van der Waals surface area contributed by atoms with Gasteiger partial charge in [-0.05, 0) is 25.2 Å². The fourth-order valence-corrected chi connectivity index (χ4v) is 2.86. The fraction of sp³-hybridized carbons (Fsp3) is 0.846. The summed E-state index contributed by atoms with van der Waals surface area (Å²) >= 11 is 4.90. The van der Waals surface area contributed by atoms with Crippen molar-refractivity contribution in [2.24, 2.45) is 17.1 Å². The Bertz CT molecular complexity index is 302. The van der Waals surface area contributed by atoms with Gasteiger partial charge >= 0.3 is 0 Å². The second-order valence-electron chi connectivity index (χ2n) is 5.61. The predicted octanol–water partition coefficient (Wildman–Crippen LogP) is 2.34. The van der Waals surface area contributed by atoms with Crippen LogP contribution in [0.4, 0.5) is 0 Å². The van der Waals surface area contributed by atoms with Crippen molar-refractivity contribution in [2.45, 2.75) is 46.5 Å². The molecule has 2 N–H and O–H groups in total. The molecule has 1 atom stereocenters. The van der Waals surface area contributed by atoms with E-state index in [4.69, 9.17) is 18.0 Å². The Kier molecular flexibility index (Phi) is 4.92. The van der Waals surface area contributed by atoms with Gasteiger partial charge in [-0.15, -0.1) is 0 Å². The molecule has 4 heteroatoms. The summed E-state index contributed by atoms with van der Waals surface area (Å²) in [4.78, 5) is 14.7. The van der Waals surface area contributed by atoms with E-state index in [0.29, 0.717) is 18.1 Å². The van der Waals surface area contributed by atoms with Gasteiger partial charge in [0.1, 0.15) is 0 Å². The highest BCUT2D eigenvalue weighted by atomic mass is 32.1. The van der Waals surface area contributed by atoms with Gasteiger partial charge in [-0.25, -0.2) is 0 Å². The smallest absolute Gasteiger partial charge is 0.226 e. The van der Waals surface area contributed by atoms with Crippen molar-refractivity contribution < 1.29 is 4.79 Å². The molecule has 0 saturated heterocycles. The van der Waals surface area contributed by atoms with Crippen LogP contribution in [0.25, 0.3) is 0 Å². The summed E-state index contributed by atoms with van der Waals surface area (Å²) in [5, 5.41) is 0. The predicted molar refractivity (Wildman–Crippen MR) is 74.8 cm³/mol. The minimum Gasteiger partial charge on any atom is -0.392 e. The third kappa shape index (κ3) is 3.66. The molecule has 17 heavy (non-hydrogen) atoms. The normalized spacial score (nSPS) is 23.1. The van der Waals surface area contributed by atoms with Crippen LogP contribution >= 0.6 is 12.2 Å². The van der Waals surface area contributed by atoms with Crippen molar-refractivity contribution >= 4 is 23.1 Å². The second-order valence-corrected chi connectivity index (χ2v) is 6.13. The molecule has 1 unspecified atom stereocenters. The van der Waals surface area contributed by atoms with Gasteiger partial charge in [-0.3, -0.25) is 4.79 Å². The van der Waals surface area contributed by atoms with E-state index in [-0.39, 0.29) is 17.2 Å². The molecule has 1 fully saturated rings. The third-order valence-corrected chi connectivity index (χ3v) is 3.97. The molecule has 0 aromatic carbocycles. The number of carbonyl (C=O) groups is 1. The summed E-state index contributed by atoms with van der Waals surface area (Å²) in [5.74, 6) is 0.357. The van der Waals surface area contributed by atoms with Crippen LogP contribution in [0.2, 0.25) is 0 Å².